The average molecular weight is 397 g/mol. The predicted molar refractivity (Wildman–Crippen MR) is 110 cm³/mol. The van der Waals surface area contributed by atoms with Crippen LogP contribution in [0.1, 0.15) is 38.2 Å². The fraction of sp³-hybridized carbons (Fsp3) is 0.409. The monoisotopic (exact) mass is 397 g/mol. The Morgan fingerprint density at radius 2 is 1.86 bits per heavy atom. The van der Waals surface area contributed by atoms with Crippen molar-refractivity contribution in [3.8, 4) is 11.5 Å². The molecule has 1 heterocycles. The van der Waals surface area contributed by atoms with Gasteiger partial charge in [0.1, 0.15) is 12.6 Å². The van der Waals surface area contributed by atoms with Crippen LogP contribution in [0.3, 0.4) is 0 Å². The van der Waals surface area contributed by atoms with Gasteiger partial charge in [0.15, 0.2) is 11.5 Å². The second-order valence-corrected chi connectivity index (χ2v) is 7.21. The summed E-state index contributed by atoms with van der Waals surface area (Å²) in [6, 6.07) is 8.30. The maximum absolute atomic E-state index is 12.5. The molecule has 1 fully saturated rings. The number of methoxy groups -OCH3 is 1. The number of hydrogen-bond acceptors (Lipinski definition) is 5. The van der Waals surface area contributed by atoms with E-state index < -0.39 is 6.04 Å². The lowest BCUT2D eigenvalue weighted by Gasteiger charge is -2.18. The van der Waals surface area contributed by atoms with Crippen LogP contribution in [-0.4, -0.2) is 29.9 Å². The number of carbonyl (C=O) groups is 2. The minimum atomic E-state index is -0.619. The molecule has 1 aromatic heterocycles. The van der Waals surface area contributed by atoms with Crippen LogP contribution in [0.15, 0.2) is 42.7 Å². The van der Waals surface area contributed by atoms with Gasteiger partial charge >= 0.3 is 0 Å². The second kappa shape index (κ2) is 9.91. The summed E-state index contributed by atoms with van der Waals surface area (Å²) in [5.41, 5.74) is 1.54. The second-order valence-electron chi connectivity index (χ2n) is 7.21. The van der Waals surface area contributed by atoms with Crippen molar-refractivity contribution in [2.75, 3.05) is 12.4 Å². The number of nitrogens with one attached hydrogen (secondary N) is 2. The minimum Gasteiger partial charge on any atom is -0.493 e. The first-order valence-corrected chi connectivity index (χ1v) is 9.88. The molecule has 7 heteroatoms. The van der Waals surface area contributed by atoms with Crippen LogP contribution in [0.4, 0.5) is 5.69 Å². The highest BCUT2D eigenvalue weighted by molar-refractivity contribution is 5.97. The molecule has 154 valence electrons. The minimum absolute atomic E-state index is 0.0272. The van der Waals surface area contributed by atoms with Crippen molar-refractivity contribution >= 4 is 17.5 Å². The molecule has 1 aliphatic rings. The Morgan fingerprint density at radius 1 is 1.14 bits per heavy atom. The van der Waals surface area contributed by atoms with Crippen molar-refractivity contribution < 1.29 is 19.1 Å². The van der Waals surface area contributed by atoms with Crippen LogP contribution in [0.25, 0.3) is 0 Å². The number of rotatable bonds is 8. The number of nitrogens with zero attached hydrogens (tertiary/aromatic N) is 1. The molecule has 1 aromatic carbocycles. The Kier molecular flexibility index (Phi) is 7.05. The third kappa shape index (κ3) is 5.70. The fourth-order valence-corrected chi connectivity index (χ4v) is 3.34. The zero-order valence-electron chi connectivity index (χ0n) is 16.8. The molecule has 0 saturated heterocycles. The topological polar surface area (TPSA) is 89.6 Å². The normalized spacial score (nSPS) is 14.8. The third-order valence-electron chi connectivity index (χ3n) is 5.05. The zero-order chi connectivity index (χ0) is 20.6. The van der Waals surface area contributed by atoms with Gasteiger partial charge in [-0.05, 0) is 49.6 Å². The molecule has 7 nitrogen and oxygen atoms in total. The van der Waals surface area contributed by atoms with Gasteiger partial charge in [0.25, 0.3) is 0 Å². The molecule has 1 atom stereocenters. The van der Waals surface area contributed by atoms with E-state index in [4.69, 9.17) is 9.47 Å². The van der Waals surface area contributed by atoms with Crippen LogP contribution < -0.4 is 20.1 Å². The fourth-order valence-electron chi connectivity index (χ4n) is 3.34. The number of ether oxygens (including phenoxy) is 2. The van der Waals surface area contributed by atoms with E-state index in [0.29, 0.717) is 23.8 Å². The first-order chi connectivity index (χ1) is 14.1. The molecule has 0 unspecified atom stereocenters. The number of pyridine rings is 1. The van der Waals surface area contributed by atoms with Crippen LogP contribution in [0.5, 0.6) is 11.5 Å². The maximum atomic E-state index is 12.5. The van der Waals surface area contributed by atoms with Gasteiger partial charge in [-0.3, -0.25) is 14.6 Å². The maximum Gasteiger partial charge on any atom is 0.246 e. The Balaban J connectivity index is 1.60. The zero-order valence-corrected chi connectivity index (χ0v) is 16.8. The highest BCUT2D eigenvalue weighted by atomic mass is 16.5. The van der Waals surface area contributed by atoms with Crippen LogP contribution in [0, 0.1) is 5.92 Å². The van der Waals surface area contributed by atoms with Gasteiger partial charge in [-0.1, -0.05) is 12.8 Å². The summed E-state index contributed by atoms with van der Waals surface area (Å²) >= 11 is 0. The highest BCUT2D eigenvalue weighted by Crippen LogP contribution is 2.31. The summed E-state index contributed by atoms with van der Waals surface area (Å²) < 4.78 is 11.2. The lowest BCUT2D eigenvalue weighted by atomic mass is 10.1. The van der Waals surface area contributed by atoms with Crippen LogP contribution >= 0.6 is 0 Å². The first-order valence-electron chi connectivity index (χ1n) is 9.88. The summed E-state index contributed by atoms with van der Waals surface area (Å²) in [7, 11) is 1.56. The van der Waals surface area contributed by atoms with Gasteiger partial charge in [-0.2, -0.15) is 0 Å². The number of aromatic nitrogens is 1. The summed E-state index contributed by atoms with van der Waals surface area (Å²) in [4.78, 5) is 28.7. The first kappa shape index (κ1) is 20.6. The molecular weight excluding hydrogens is 370 g/mol. The number of benzene rings is 1. The Labute approximate surface area is 170 Å². The molecule has 3 rings (SSSR count). The van der Waals surface area contributed by atoms with E-state index in [1.807, 2.05) is 12.1 Å². The molecule has 1 aliphatic carbocycles. The molecule has 0 spiro atoms. The number of anilines is 1. The van der Waals surface area contributed by atoms with Crippen LogP contribution in [-0.2, 0) is 16.2 Å². The smallest absolute Gasteiger partial charge is 0.246 e. The molecule has 0 radical (unpaired) electrons. The van der Waals surface area contributed by atoms with Crippen molar-refractivity contribution in [2.24, 2.45) is 5.92 Å². The number of amides is 2. The molecule has 2 N–H and O–H groups in total. The molecule has 2 amide bonds. The van der Waals surface area contributed by atoms with E-state index in [9.17, 15) is 9.59 Å². The van der Waals surface area contributed by atoms with Gasteiger partial charge < -0.3 is 20.1 Å². The lowest BCUT2D eigenvalue weighted by Crippen LogP contribution is -2.43. The Hall–Kier alpha value is -3.09. The van der Waals surface area contributed by atoms with Gasteiger partial charge in [0, 0.05) is 30.1 Å². The standard InChI is InChI=1S/C22H27N3O4/c1-15(24-22(27)17-5-3-4-6-17)21(26)25-18-7-8-19(28-2)20(13-18)29-14-16-9-11-23-12-10-16/h7-13,15,17H,3-6,14H2,1-2H3,(H,24,27)(H,25,26)/t15-/m0/s1. The van der Waals surface area contributed by atoms with Crippen molar-refractivity contribution in [3.05, 3.63) is 48.3 Å². The van der Waals surface area contributed by atoms with Crippen molar-refractivity contribution in [1.29, 1.82) is 0 Å². The number of carbonyl (C=O) groups excluding carboxylic acids is 2. The third-order valence-corrected chi connectivity index (χ3v) is 5.05. The summed E-state index contributed by atoms with van der Waals surface area (Å²) in [6.07, 6.45) is 7.36. The summed E-state index contributed by atoms with van der Waals surface area (Å²) in [6.45, 7) is 2.04. The van der Waals surface area contributed by atoms with Crippen molar-refractivity contribution in [2.45, 2.75) is 45.3 Å². The van der Waals surface area contributed by atoms with E-state index in [1.54, 1.807) is 44.6 Å². The lowest BCUT2D eigenvalue weighted by molar-refractivity contribution is -0.128. The largest absolute Gasteiger partial charge is 0.493 e. The SMILES string of the molecule is COc1ccc(NC(=O)[C@H](C)NC(=O)C2CCCC2)cc1OCc1ccncc1. The van der Waals surface area contributed by atoms with Crippen molar-refractivity contribution in [3.63, 3.8) is 0 Å². The molecule has 1 saturated carbocycles. The highest BCUT2D eigenvalue weighted by Gasteiger charge is 2.25. The molecule has 29 heavy (non-hydrogen) atoms. The van der Waals surface area contributed by atoms with Gasteiger partial charge in [-0.15, -0.1) is 0 Å². The van der Waals surface area contributed by atoms with Gasteiger partial charge in [0.2, 0.25) is 11.8 Å². The van der Waals surface area contributed by atoms with Crippen molar-refractivity contribution in [1.82, 2.24) is 10.3 Å². The van der Waals surface area contributed by atoms with Crippen LogP contribution in [0.2, 0.25) is 0 Å². The summed E-state index contributed by atoms with van der Waals surface area (Å²) in [5, 5.41) is 5.64. The molecular formula is C22H27N3O4. The van der Waals surface area contributed by atoms with E-state index in [0.717, 1.165) is 31.2 Å². The average Bonchev–Trinajstić information content (AvgIpc) is 3.28. The van der Waals surface area contributed by atoms with E-state index in [2.05, 4.69) is 15.6 Å². The molecule has 0 bridgehead atoms. The quantitative estimate of drug-likeness (QED) is 0.713. The van der Waals surface area contributed by atoms with E-state index >= 15 is 0 Å². The Morgan fingerprint density at radius 3 is 2.55 bits per heavy atom. The summed E-state index contributed by atoms with van der Waals surface area (Å²) in [5.74, 6) is 0.798. The Bertz CT molecular complexity index is 835. The van der Waals surface area contributed by atoms with E-state index in [1.165, 1.54) is 0 Å². The van der Waals surface area contributed by atoms with Gasteiger partial charge in [-0.25, -0.2) is 0 Å². The predicted octanol–water partition coefficient (Wildman–Crippen LogP) is 3.30. The molecule has 0 aliphatic heterocycles. The molecule has 2 aromatic rings. The number of hydrogen-bond donors (Lipinski definition) is 2. The van der Waals surface area contributed by atoms with E-state index in [-0.39, 0.29) is 17.7 Å². The van der Waals surface area contributed by atoms with Gasteiger partial charge in [0.05, 0.1) is 7.11 Å².